The maximum Gasteiger partial charge on any atom is 0.219 e. The van der Waals surface area contributed by atoms with Gasteiger partial charge in [0.2, 0.25) is 5.91 Å². The standard InChI is InChI=1S/C8H17NO2.C2H6/c1-4-7(11)9-5-8(2,3)6-10;1-2/h10H,4-6H2,1-3H3,(H,9,11);1-2H3. The Balaban J connectivity index is 0. The Bertz CT molecular complexity index is 133. The molecule has 0 unspecified atom stereocenters. The summed E-state index contributed by atoms with van der Waals surface area (Å²) in [6, 6.07) is 0. The number of carbonyl (C=O) groups is 1. The zero-order chi connectivity index (χ0) is 10.9. The highest BCUT2D eigenvalue weighted by molar-refractivity contribution is 5.75. The Morgan fingerprint density at radius 1 is 1.38 bits per heavy atom. The van der Waals surface area contributed by atoms with Gasteiger partial charge in [-0.15, -0.1) is 0 Å². The summed E-state index contributed by atoms with van der Waals surface area (Å²) in [5.74, 6) is 0.0338. The highest BCUT2D eigenvalue weighted by atomic mass is 16.3. The largest absolute Gasteiger partial charge is 0.396 e. The zero-order valence-electron chi connectivity index (χ0n) is 9.48. The Hall–Kier alpha value is -0.570. The van der Waals surface area contributed by atoms with Crippen molar-refractivity contribution >= 4 is 5.91 Å². The van der Waals surface area contributed by atoms with Gasteiger partial charge in [0, 0.05) is 25.0 Å². The van der Waals surface area contributed by atoms with Crippen LogP contribution >= 0.6 is 0 Å². The minimum Gasteiger partial charge on any atom is -0.396 e. The topological polar surface area (TPSA) is 49.3 Å². The molecule has 0 heterocycles. The van der Waals surface area contributed by atoms with E-state index < -0.39 is 0 Å². The molecule has 0 fully saturated rings. The van der Waals surface area contributed by atoms with Gasteiger partial charge in [0.25, 0.3) is 0 Å². The molecule has 1 amide bonds. The van der Waals surface area contributed by atoms with E-state index in [1.807, 2.05) is 27.7 Å². The molecule has 13 heavy (non-hydrogen) atoms. The van der Waals surface area contributed by atoms with Crippen molar-refractivity contribution in [2.45, 2.75) is 41.0 Å². The van der Waals surface area contributed by atoms with Crippen LogP contribution in [-0.4, -0.2) is 24.2 Å². The molecule has 0 aromatic carbocycles. The summed E-state index contributed by atoms with van der Waals surface area (Å²) < 4.78 is 0. The van der Waals surface area contributed by atoms with Gasteiger partial charge in [0.15, 0.2) is 0 Å². The average Bonchev–Trinajstić information content (AvgIpc) is 2.17. The molecule has 0 bridgehead atoms. The number of hydrogen-bond acceptors (Lipinski definition) is 2. The van der Waals surface area contributed by atoms with Gasteiger partial charge in [-0.3, -0.25) is 4.79 Å². The molecule has 0 aliphatic carbocycles. The van der Waals surface area contributed by atoms with E-state index in [-0.39, 0.29) is 17.9 Å². The summed E-state index contributed by atoms with van der Waals surface area (Å²) in [6.45, 7) is 10.3. The summed E-state index contributed by atoms with van der Waals surface area (Å²) in [7, 11) is 0. The van der Waals surface area contributed by atoms with Crippen LogP contribution in [0.15, 0.2) is 0 Å². The lowest BCUT2D eigenvalue weighted by molar-refractivity contribution is -0.121. The lowest BCUT2D eigenvalue weighted by Crippen LogP contribution is -2.35. The second-order valence-corrected chi connectivity index (χ2v) is 3.45. The van der Waals surface area contributed by atoms with E-state index >= 15 is 0 Å². The van der Waals surface area contributed by atoms with E-state index in [0.717, 1.165) is 0 Å². The molecule has 0 aromatic heterocycles. The molecule has 0 rings (SSSR count). The molecule has 0 aromatic rings. The van der Waals surface area contributed by atoms with Crippen molar-refractivity contribution < 1.29 is 9.90 Å². The van der Waals surface area contributed by atoms with Crippen molar-refractivity contribution in [1.29, 1.82) is 0 Å². The minimum atomic E-state index is -0.204. The lowest BCUT2D eigenvalue weighted by Gasteiger charge is -2.21. The number of hydrogen-bond donors (Lipinski definition) is 2. The molecule has 0 saturated carbocycles. The molecule has 0 spiro atoms. The van der Waals surface area contributed by atoms with E-state index in [4.69, 9.17) is 5.11 Å². The quantitative estimate of drug-likeness (QED) is 0.705. The van der Waals surface area contributed by atoms with Crippen LogP contribution in [-0.2, 0) is 4.79 Å². The first kappa shape index (κ1) is 14.9. The minimum absolute atomic E-state index is 0.0338. The molecule has 80 valence electrons. The average molecular weight is 189 g/mol. The highest BCUT2D eigenvalue weighted by Gasteiger charge is 2.16. The van der Waals surface area contributed by atoms with E-state index in [2.05, 4.69) is 5.32 Å². The number of aliphatic hydroxyl groups excluding tert-OH is 1. The summed E-state index contributed by atoms with van der Waals surface area (Å²) in [4.78, 5) is 10.8. The van der Waals surface area contributed by atoms with Crippen LogP contribution < -0.4 is 5.32 Å². The Labute approximate surface area is 81.5 Å². The van der Waals surface area contributed by atoms with Gasteiger partial charge in [-0.1, -0.05) is 34.6 Å². The fourth-order valence-electron chi connectivity index (χ4n) is 0.519. The summed E-state index contributed by atoms with van der Waals surface area (Å²) in [6.07, 6.45) is 0.501. The van der Waals surface area contributed by atoms with Gasteiger partial charge in [-0.25, -0.2) is 0 Å². The first-order valence-electron chi connectivity index (χ1n) is 4.89. The summed E-state index contributed by atoms with van der Waals surface area (Å²) >= 11 is 0. The third kappa shape index (κ3) is 9.34. The molecule has 3 heteroatoms. The third-order valence-electron chi connectivity index (χ3n) is 1.51. The zero-order valence-corrected chi connectivity index (χ0v) is 9.48. The van der Waals surface area contributed by atoms with Crippen molar-refractivity contribution in [3.63, 3.8) is 0 Å². The van der Waals surface area contributed by atoms with Crippen molar-refractivity contribution in [2.24, 2.45) is 5.41 Å². The van der Waals surface area contributed by atoms with Gasteiger partial charge in [-0.2, -0.15) is 0 Å². The van der Waals surface area contributed by atoms with Gasteiger partial charge in [0.1, 0.15) is 0 Å². The predicted molar refractivity (Wildman–Crippen MR) is 55.5 cm³/mol. The van der Waals surface area contributed by atoms with E-state index in [1.165, 1.54) is 0 Å². The van der Waals surface area contributed by atoms with Crippen LogP contribution in [0.5, 0.6) is 0 Å². The molecule has 0 aliphatic heterocycles. The van der Waals surface area contributed by atoms with Crippen molar-refractivity contribution in [3.05, 3.63) is 0 Å². The van der Waals surface area contributed by atoms with E-state index in [9.17, 15) is 4.79 Å². The normalized spacial score (nSPS) is 10.0. The Morgan fingerprint density at radius 3 is 2.15 bits per heavy atom. The van der Waals surface area contributed by atoms with Gasteiger partial charge in [0.05, 0.1) is 0 Å². The van der Waals surface area contributed by atoms with Crippen molar-refractivity contribution in [2.75, 3.05) is 13.2 Å². The van der Waals surface area contributed by atoms with Crippen LogP contribution in [0.3, 0.4) is 0 Å². The highest BCUT2D eigenvalue weighted by Crippen LogP contribution is 2.10. The maximum absolute atomic E-state index is 10.8. The number of aliphatic hydroxyl groups is 1. The summed E-state index contributed by atoms with van der Waals surface area (Å²) in [5.41, 5.74) is -0.204. The van der Waals surface area contributed by atoms with Crippen molar-refractivity contribution in [1.82, 2.24) is 5.32 Å². The van der Waals surface area contributed by atoms with Crippen molar-refractivity contribution in [3.8, 4) is 0 Å². The van der Waals surface area contributed by atoms with Gasteiger partial charge in [-0.05, 0) is 0 Å². The van der Waals surface area contributed by atoms with Gasteiger partial charge >= 0.3 is 0 Å². The number of carbonyl (C=O) groups excluding carboxylic acids is 1. The molecule has 0 radical (unpaired) electrons. The fourth-order valence-corrected chi connectivity index (χ4v) is 0.519. The van der Waals surface area contributed by atoms with E-state index in [0.29, 0.717) is 13.0 Å². The predicted octanol–water partition coefficient (Wildman–Crippen LogP) is 1.56. The maximum atomic E-state index is 10.8. The van der Waals surface area contributed by atoms with Crippen LogP contribution in [0.4, 0.5) is 0 Å². The van der Waals surface area contributed by atoms with Crippen LogP contribution in [0.25, 0.3) is 0 Å². The third-order valence-corrected chi connectivity index (χ3v) is 1.51. The Kier molecular flexibility index (Phi) is 9.24. The van der Waals surface area contributed by atoms with Crippen LogP contribution in [0.2, 0.25) is 0 Å². The van der Waals surface area contributed by atoms with Crippen LogP contribution in [0, 0.1) is 5.41 Å². The molecule has 0 saturated heterocycles. The lowest BCUT2D eigenvalue weighted by atomic mass is 9.95. The SMILES string of the molecule is CC.CCC(=O)NCC(C)(C)CO. The summed E-state index contributed by atoms with van der Waals surface area (Å²) in [5, 5.41) is 11.6. The first-order chi connectivity index (χ1) is 6.02. The smallest absolute Gasteiger partial charge is 0.219 e. The first-order valence-corrected chi connectivity index (χ1v) is 4.89. The number of nitrogens with one attached hydrogen (secondary N) is 1. The molecule has 3 nitrogen and oxygen atoms in total. The van der Waals surface area contributed by atoms with Crippen LogP contribution in [0.1, 0.15) is 41.0 Å². The second-order valence-electron chi connectivity index (χ2n) is 3.45. The monoisotopic (exact) mass is 189 g/mol. The molecular weight excluding hydrogens is 166 g/mol. The number of amides is 1. The molecule has 0 atom stereocenters. The Morgan fingerprint density at radius 2 is 1.85 bits per heavy atom. The number of rotatable bonds is 4. The van der Waals surface area contributed by atoms with Gasteiger partial charge < -0.3 is 10.4 Å². The molecule has 0 aliphatic rings. The second kappa shape index (κ2) is 8.05. The van der Waals surface area contributed by atoms with E-state index in [1.54, 1.807) is 6.92 Å². The molecule has 2 N–H and O–H groups in total. The fraction of sp³-hybridized carbons (Fsp3) is 0.900. The molecular formula is C10H23NO2.